The average Bonchev–Trinajstić information content (AvgIpc) is 2.92. The Hall–Kier alpha value is -1.86. The summed E-state index contributed by atoms with van der Waals surface area (Å²) in [7, 11) is -1.91. The molecule has 1 aliphatic heterocycles. The van der Waals surface area contributed by atoms with E-state index in [-0.39, 0.29) is 17.4 Å². The van der Waals surface area contributed by atoms with Crippen molar-refractivity contribution in [3.63, 3.8) is 0 Å². The molecule has 2 amide bonds. The lowest BCUT2D eigenvalue weighted by Crippen LogP contribution is -2.37. The van der Waals surface area contributed by atoms with Crippen molar-refractivity contribution in [3.8, 4) is 0 Å². The van der Waals surface area contributed by atoms with Gasteiger partial charge < -0.3 is 5.32 Å². The van der Waals surface area contributed by atoms with Crippen LogP contribution in [-0.4, -0.2) is 38.5 Å². The Morgan fingerprint density at radius 1 is 1.18 bits per heavy atom. The SMILES string of the molecule is CC(C)c1cccc(C(C)C)c1NC(=O)NS(=O)(=O)/C=C/C1(C)CCCN1C. The van der Waals surface area contributed by atoms with Crippen molar-refractivity contribution < 1.29 is 13.2 Å². The van der Waals surface area contributed by atoms with Crippen molar-refractivity contribution in [1.29, 1.82) is 0 Å². The fraction of sp³-hybridized carbons (Fsp3) is 0.571. The number of likely N-dealkylation sites (N-methyl/N-ethyl adjacent to an activating group) is 1. The molecule has 0 aromatic heterocycles. The molecule has 1 saturated heterocycles. The van der Waals surface area contributed by atoms with Crippen LogP contribution in [0.2, 0.25) is 0 Å². The molecule has 0 spiro atoms. The first-order valence-corrected chi connectivity index (χ1v) is 11.4. The zero-order valence-corrected chi connectivity index (χ0v) is 18.6. The van der Waals surface area contributed by atoms with E-state index in [2.05, 4.69) is 14.9 Å². The minimum atomic E-state index is -3.89. The number of amides is 2. The Bertz CT molecular complexity index is 820. The Labute approximate surface area is 169 Å². The Kier molecular flexibility index (Phi) is 6.93. The van der Waals surface area contributed by atoms with Crippen LogP contribution in [0.1, 0.15) is 70.4 Å². The molecule has 1 aromatic rings. The summed E-state index contributed by atoms with van der Waals surface area (Å²) < 4.78 is 26.9. The predicted molar refractivity (Wildman–Crippen MR) is 115 cm³/mol. The maximum absolute atomic E-state index is 12.5. The van der Waals surface area contributed by atoms with Crippen LogP contribution in [-0.2, 0) is 10.0 Å². The Morgan fingerprint density at radius 3 is 2.21 bits per heavy atom. The number of benzene rings is 1. The summed E-state index contributed by atoms with van der Waals surface area (Å²) in [5.74, 6) is 0.395. The zero-order chi connectivity index (χ0) is 21.1. The van der Waals surface area contributed by atoms with Crippen molar-refractivity contribution in [2.45, 2.75) is 64.8 Å². The highest BCUT2D eigenvalue weighted by Crippen LogP contribution is 2.32. The molecule has 7 heteroatoms. The first-order valence-electron chi connectivity index (χ1n) is 9.82. The number of urea groups is 1. The smallest absolute Gasteiger partial charge is 0.307 e. The van der Waals surface area contributed by atoms with E-state index in [4.69, 9.17) is 0 Å². The molecule has 2 N–H and O–H groups in total. The molecule has 0 radical (unpaired) electrons. The summed E-state index contributed by atoms with van der Waals surface area (Å²) in [5, 5.41) is 3.87. The van der Waals surface area contributed by atoms with E-state index < -0.39 is 16.1 Å². The van der Waals surface area contributed by atoms with E-state index in [1.807, 2.05) is 59.9 Å². The van der Waals surface area contributed by atoms with E-state index in [9.17, 15) is 13.2 Å². The maximum atomic E-state index is 12.5. The van der Waals surface area contributed by atoms with Gasteiger partial charge in [-0.1, -0.05) is 52.0 Å². The molecule has 1 fully saturated rings. The van der Waals surface area contributed by atoms with Gasteiger partial charge in [0.05, 0.1) is 0 Å². The van der Waals surface area contributed by atoms with Gasteiger partial charge in [0, 0.05) is 16.6 Å². The quantitative estimate of drug-likeness (QED) is 0.733. The van der Waals surface area contributed by atoms with Crippen LogP contribution in [0.3, 0.4) is 0 Å². The number of hydrogen-bond acceptors (Lipinski definition) is 4. The van der Waals surface area contributed by atoms with Crippen LogP contribution in [0.4, 0.5) is 10.5 Å². The number of likely N-dealkylation sites (tertiary alicyclic amines) is 1. The highest BCUT2D eigenvalue weighted by Gasteiger charge is 2.31. The molecular formula is C21H33N3O3S. The second-order valence-electron chi connectivity index (χ2n) is 8.41. The van der Waals surface area contributed by atoms with Crippen molar-refractivity contribution in [2.75, 3.05) is 18.9 Å². The number of para-hydroxylation sites is 1. The molecule has 1 aliphatic rings. The molecule has 0 bridgehead atoms. The number of carbonyl (C=O) groups is 1. The number of anilines is 1. The maximum Gasteiger partial charge on any atom is 0.333 e. The predicted octanol–water partition coefficient (Wildman–Crippen LogP) is 4.38. The summed E-state index contributed by atoms with van der Waals surface area (Å²) >= 11 is 0. The standard InChI is InChI=1S/C21H33N3O3S/c1-15(2)17-9-7-10-18(16(3)4)19(17)22-20(25)23-28(26,27)14-12-21(5)11-8-13-24(21)6/h7,9-10,12,14-16H,8,11,13H2,1-6H3,(H2,22,23,25)/b14-12+. The van der Waals surface area contributed by atoms with Crippen LogP contribution in [0, 0.1) is 0 Å². The van der Waals surface area contributed by atoms with E-state index in [0.717, 1.165) is 35.9 Å². The number of nitrogens with one attached hydrogen (secondary N) is 2. The van der Waals surface area contributed by atoms with Gasteiger partial charge in [-0.25, -0.2) is 17.9 Å². The van der Waals surface area contributed by atoms with Gasteiger partial charge in [0.2, 0.25) is 0 Å². The van der Waals surface area contributed by atoms with Crippen LogP contribution < -0.4 is 10.0 Å². The summed E-state index contributed by atoms with van der Waals surface area (Å²) in [6, 6.07) is 5.13. The van der Waals surface area contributed by atoms with Gasteiger partial charge in [0.15, 0.2) is 0 Å². The second kappa shape index (κ2) is 8.66. The van der Waals surface area contributed by atoms with Gasteiger partial charge >= 0.3 is 6.03 Å². The first kappa shape index (κ1) is 22.4. The molecule has 1 aromatic carbocycles. The number of hydrogen-bond donors (Lipinski definition) is 2. The molecule has 156 valence electrons. The van der Waals surface area contributed by atoms with Crippen molar-refractivity contribution >= 4 is 21.7 Å². The van der Waals surface area contributed by atoms with E-state index >= 15 is 0 Å². The molecule has 2 rings (SSSR count). The molecule has 0 saturated carbocycles. The first-order chi connectivity index (χ1) is 12.9. The normalized spacial score (nSPS) is 21.0. The van der Waals surface area contributed by atoms with Gasteiger partial charge in [-0.2, -0.15) is 0 Å². The van der Waals surface area contributed by atoms with Crippen LogP contribution in [0.5, 0.6) is 0 Å². The van der Waals surface area contributed by atoms with Gasteiger partial charge in [-0.15, -0.1) is 0 Å². The van der Waals surface area contributed by atoms with Crippen molar-refractivity contribution in [2.24, 2.45) is 0 Å². The minimum Gasteiger partial charge on any atom is -0.307 e. The van der Waals surface area contributed by atoms with Gasteiger partial charge in [-0.05, 0) is 56.3 Å². The van der Waals surface area contributed by atoms with Crippen LogP contribution in [0.15, 0.2) is 29.7 Å². The third-order valence-corrected chi connectivity index (χ3v) is 6.47. The van der Waals surface area contributed by atoms with Gasteiger partial charge in [0.25, 0.3) is 10.0 Å². The van der Waals surface area contributed by atoms with Crippen LogP contribution >= 0.6 is 0 Å². The Balaban J connectivity index is 2.18. The van der Waals surface area contributed by atoms with E-state index in [1.54, 1.807) is 6.08 Å². The lowest BCUT2D eigenvalue weighted by atomic mass is 9.93. The molecule has 28 heavy (non-hydrogen) atoms. The molecule has 6 nitrogen and oxygen atoms in total. The number of carbonyl (C=O) groups excluding carboxylic acids is 1. The lowest BCUT2D eigenvalue weighted by Gasteiger charge is -2.28. The van der Waals surface area contributed by atoms with E-state index in [0.29, 0.717) is 5.69 Å². The third kappa shape index (κ3) is 5.35. The highest BCUT2D eigenvalue weighted by atomic mass is 32.2. The number of rotatable bonds is 6. The summed E-state index contributed by atoms with van der Waals surface area (Å²) in [4.78, 5) is 14.6. The average molecular weight is 408 g/mol. The van der Waals surface area contributed by atoms with Gasteiger partial charge in [-0.3, -0.25) is 4.90 Å². The monoisotopic (exact) mass is 407 g/mol. The van der Waals surface area contributed by atoms with Gasteiger partial charge in [0.1, 0.15) is 0 Å². The van der Waals surface area contributed by atoms with E-state index in [1.165, 1.54) is 0 Å². The fourth-order valence-corrected chi connectivity index (χ4v) is 4.41. The van der Waals surface area contributed by atoms with Crippen molar-refractivity contribution in [3.05, 3.63) is 40.8 Å². The molecule has 1 heterocycles. The third-order valence-electron chi connectivity index (χ3n) is 5.50. The van der Waals surface area contributed by atoms with Crippen molar-refractivity contribution in [1.82, 2.24) is 9.62 Å². The molecule has 1 atom stereocenters. The zero-order valence-electron chi connectivity index (χ0n) is 17.7. The fourth-order valence-electron chi connectivity index (χ4n) is 3.56. The second-order valence-corrected chi connectivity index (χ2v) is 9.97. The molecular weight excluding hydrogens is 374 g/mol. The summed E-state index contributed by atoms with van der Waals surface area (Å²) in [6.07, 6.45) is 3.58. The number of nitrogens with zero attached hydrogens (tertiary/aromatic N) is 1. The van der Waals surface area contributed by atoms with Crippen LogP contribution in [0.25, 0.3) is 0 Å². The summed E-state index contributed by atoms with van der Waals surface area (Å²) in [6.45, 7) is 11.1. The molecule has 0 aliphatic carbocycles. The summed E-state index contributed by atoms with van der Waals surface area (Å²) in [5.41, 5.74) is 2.34. The lowest BCUT2D eigenvalue weighted by molar-refractivity contribution is 0.251. The number of sulfonamides is 1. The topological polar surface area (TPSA) is 78.5 Å². The largest absolute Gasteiger partial charge is 0.333 e. The Morgan fingerprint density at radius 2 is 1.75 bits per heavy atom. The highest BCUT2D eigenvalue weighted by molar-refractivity contribution is 7.92. The minimum absolute atomic E-state index is 0.198. The molecule has 1 unspecified atom stereocenters.